The topological polar surface area (TPSA) is 61.4 Å². The van der Waals surface area contributed by atoms with E-state index in [1.807, 2.05) is 41.2 Å². The van der Waals surface area contributed by atoms with E-state index in [1.165, 1.54) is 32.1 Å². The average molecular weight is 502 g/mol. The summed E-state index contributed by atoms with van der Waals surface area (Å²) in [6, 6.07) is 9.68. The zero-order valence-electron chi connectivity index (χ0n) is 17.6. The van der Waals surface area contributed by atoms with E-state index in [4.69, 9.17) is 16.6 Å². The first-order valence-electron chi connectivity index (χ1n) is 10.8. The SMILES string of the molecule is CCCCCCCCn1cc(Cn2c(-c3ccc(Cl)cc3)nc3cc(Br)cnc32)nn1. The first kappa shape index (κ1) is 22.0. The van der Waals surface area contributed by atoms with Gasteiger partial charge in [0, 0.05) is 27.8 Å². The normalized spacial score (nSPS) is 11.5. The fourth-order valence-electron chi connectivity index (χ4n) is 3.69. The van der Waals surface area contributed by atoms with E-state index in [1.54, 1.807) is 6.20 Å². The fraction of sp³-hybridized carbons (Fsp3) is 0.391. The van der Waals surface area contributed by atoms with Gasteiger partial charge >= 0.3 is 0 Å². The van der Waals surface area contributed by atoms with Crippen molar-refractivity contribution < 1.29 is 0 Å². The molecular weight excluding hydrogens is 476 g/mol. The Morgan fingerprint density at radius 1 is 1.03 bits per heavy atom. The minimum absolute atomic E-state index is 0.555. The highest BCUT2D eigenvalue weighted by Crippen LogP contribution is 2.27. The smallest absolute Gasteiger partial charge is 0.160 e. The third-order valence-electron chi connectivity index (χ3n) is 5.30. The summed E-state index contributed by atoms with van der Waals surface area (Å²) in [7, 11) is 0. The molecule has 1 aromatic carbocycles. The maximum atomic E-state index is 6.08. The Morgan fingerprint density at radius 2 is 1.81 bits per heavy atom. The lowest BCUT2D eigenvalue weighted by Crippen LogP contribution is -2.04. The summed E-state index contributed by atoms with van der Waals surface area (Å²) in [4.78, 5) is 9.44. The molecule has 8 heteroatoms. The van der Waals surface area contributed by atoms with Gasteiger partial charge in [0.25, 0.3) is 0 Å². The lowest BCUT2D eigenvalue weighted by Gasteiger charge is -2.07. The highest BCUT2D eigenvalue weighted by atomic mass is 79.9. The first-order chi connectivity index (χ1) is 15.1. The Balaban J connectivity index is 1.53. The van der Waals surface area contributed by atoms with Gasteiger partial charge < -0.3 is 4.57 Å². The predicted molar refractivity (Wildman–Crippen MR) is 128 cm³/mol. The van der Waals surface area contributed by atoms with Crippen molar-refractivity contribution in [1.82, 2.24) is 29.5 Å². The Bertz CT molecular complexity index is 1130. The van der Waals surface area contributed by atoms with Crippen LogP contribution in [-0.2, 0) is 13.1 Å². The number of aromatic nitrogens is 6. The molecule has 0 unspecified atom stereocenters. The van der Waals surface area contributed by atoms with Gasteiger partial charge in [-0.1, -0.05) is 55.8 Å². The Kier molecular flexibility index (Phi) is 7.35. The molecule has 3 aromatic heterocycles. The summed E-state index contributed by atoms with van der Waals surface area (Å²) in [5, 5.41) is 9.42. The molecule has 4 aromatic rings. The van der Waals surface area contributed by atoms with Crippen molar-refractivity contribution in [3.05, 3.63) is 57.9 Å². The summed E-state index contributed by atoms with van der Waals surface area (Å²) in [6.45, 7) is 3.70. The molecule has 0 aliphatic carbocycles. The summed E-state index contributed by atoms with van der Waals surface area (Å²) in [5.41, 5.74) is 3.53. The molecule has 0 aliphatic rings. The lowest BCUT2D eigenvalue weighted by molar-refractivity contribution is 0.516. The molecule has 4 rings (SSSR count). The van der Waals surface area contributed by atoms with Gasteiger partial charge in [0.1, 0.15) is 17.0 Å². The quantitative estimate of drug-likeness (QED) is 0.232. The monoisotopic (exact) mass is 500 g/mol. The van der Waals surface area contributed by atoms with Crippen LogP contribution in [0.2, 0.25) is 5.02 Å². The van der Waals surface area contributed by atoms with Crippen molar-refractivity contribution in [2.45, 2.75) is 58.5 Å². The van der Waals surface area contributed by atoms with Gasteiger partial charge in [0.2, 0.25) is 0 Å². The summed E-state index contributed by atoms with van der Waals surface area (Å²) in [5.74, 6) is 0.836. The van der Waals surface area contributed by atoms with E-state index in [0.717, 1.165) is 45.7 Å². The standard InChI is InChI=1S/C23H26BrClN6/c1-2-3-4-5-6-7-12-30-15-20(28-29-30)16-31-22(17-8-10-19(25)11-9-17)27-21-13-18(24)14-26-23(21)31/h8-11,13-15H,2-7,12,16H2,1H3. The second-order valence-electron chi connectivity index (χ2n) is 7.77. The van der Waals surface area contributed by atoms with Crippen LogP contribution in [0.15, 0.2) is 47.2 Å². The number of hydrogen-bond acceptors (Lipinski definition) is 4. The molecule has 0 atom stereocenters. The molecule has 0 spiro atoms. The van der Waals surface area contributed by atoms with Crippen molar-refractivity contribution in [1.29, 1.82) is 0 Å². The predicted octanol–water partition coefficient (Wildman–Crippen LogP) is 6.51. The number of rotatable bonds is 10. The zero-order valence-corrected chi connectivity index (χ0v) is 20.0. The fourth-order valence-corrected chi connectivity index (χ4v) is 4.14. The van der Waals surface area contributed by atoms with Crippen molar-refractivity contribution in [3.8, 4) is 11.4 Å². The molecule has 0 saturated carbocycles. The number of imidazole rings is 1. The molecule has 3 heterocycles. The van der Waals surface area contributed by atoms with Crippen molar-refractivity contribution in [2.75, 3.05) is 0 Å². The minimum atomic E-state index is 0.555. The molecule has 31 heavy (non-hydrogen) atoms. The van der Waals surface area contributed by atoms with Crippen LogP contribution >= 0.6 is 27.5 Å². The summed E-state index contributed by atoms with van der Waals surface area (Å²) in [6.07, 6.45) is 11.4. The van der Waals surface area contributed by atoms with E-state index in [0.29, 0.717) is 11.6 Å². The first-order valence-corrected chi connectivity index (χ1v) is 12.0. The summed E-state index contributed by atoms with van der Waals surface area (Å²) >= 11 is 9.57. The molecule has 162 valence electrons. The third kappa shape index (κ3) is 5.52. The zero-order chi connectivity index (χ0) is 21.6. The van der Waals surface area contributed by atoms with Gasteiger partial charge in [-0.15, -0.1) is 5.10 Å². The van der Waals surface area contributed by atoms with Crippen LogP contribution in [-0.4, -0.2) is 29.5 Å². The molecule has 0 bridgehead atoms. The van der Waals surface area contributed by atoms with Crippen LogP contribution in [0.25, 0.3) is 22.6 Å². The average Bonchev–Trinajstić information content (AvgIpc) is 3.36. The van der Waals surface area contributed by atoms with Crippen LogP contribution < -0.4 is 0 Å². The Morgan fingerprint density at radius 3 is 2.61 bits per heavy atom. The van der Waals surface area contributed by atoms with Crippen LogP contribution in [0.4, 0.5) is 0 Å². The molecule has 6 nitrogen and oxygen atoms in total. The number of fused-ring (bicyclic) bond motifs is 1. The largest absolute Gasteiger partial charge is 0.302 e. The lowest BCUT2D eigenvalue weighted by atomic mass is 10.1. The van der Waals surface area contributed by atoms with Crippen molar-refractivity contribution in [3.63, 3.8) is 0 Å². The molecule has 0 aliphatic heterocycles. The number of unbranched alkanes of at least 4 members (excludes halogenated alkanes) is 5. The minimum Gasteiger partial charge on any atom is -0.302 e. The van der Waals surface area contributed by atoms with Crippen LogP contribution in [0, 0.1) is 0 Å². The Labute approximate surface area is 195 Å². The van der Waals surface area contributed by atoms with Gasteiger partial charge in [0.05, 0.1) is 12.7 Å². The Hall–Kier alpha value is -2.25. The third-order valence-corrected chi connectivity index (χ3v) is 5.99. The number of pyridine rings is 1. The number of halogens is 2. The number of benzene rings is 1. The highest BCUT2D eigenvalue weighted by molar-refractivity contribution is 9.10. The van der Waals surface area contributed by atoms with E-state index in [9.17, 15) is 0 Å². The van der Waals surface area contributed by atoms with E-state index in [-0.39, 0.29) is 0 Å². The number of aryl methyl sites for hydroxylation is 1. The van der Waals surface area contributed by atoms with Crippen molar-refractivity contribution >= 4 is 38.7 Å². The van der Waals surface area contributed by atoms with Crippen molar-refractivity contribution in [2.24, 2.45) is 0 Å². The molecule has 0 N–H and O–H groups in total. The maximum Gasteiger partial charge on any atom is 0.160 e. The van der Waals surface area contributed by atoms with E-state index in [2.05, 4.69) is 42.7 Å². The van der Waals surface area contributed by atoms with Crippen LogP contribution in [0.3, 0.4) is 0 Å². The van der Waals surface area contributed by atoms with Gasteiger partial charge in [-0.05, 0) is 52.7 Å². The molecule has 0 amide bonds. The molecule has 0 fully saturated rings. The van der Waals surface area contributed by atoms with Gasteiger partial charge in [-0.3, -0.25) is 4.68 Å². The van der Waals surface area contributed by atoms with Crippen LogP contribution in [0.1, 0.15) is 51.1 Å². The van der Waals surface area contributed by atoms with Gasteiger partial charge in [-0.25, -0.2) is 9.97 Å². The summed E-state index contributed by atoms with van der Waals surface area (Å²) < 4.78 is 4.93. The van der Waals surface area contributed by atoms with E-state index < -0.39 is 0 Å². The van der Waals surface area contributed by atoms with E-state index >= 15 is 0 Å². The second-order valence-corrected chi connectivity index (χ2v) is 9.12. The molecule has 0 saturated heterocycles. The second kappa shape index (κ2) is 10.4. The molecule has 0 radical (unpaired) electrons. The van der Waals surface area contributed by atoms with Gasteiger partial charge in [-0.2, -0.15) is 0 Å². The maximum absolute atomic E-state index is 6.08. The highest BCUT2D eigenvalue weighted by Gasteiger charge is 2.16. The number of hydrogen-bond donors (Lipinski definition) is 0. The van der Waals surface area contributed by atoms with Crippen LogP contribution in [0.5, 0.6) is 0 Å². The molecular formula is C23H26BrClN6. The number of nitrogens with zero attached hydrogens (tertiary/aromatic N) is 6. The van der Waals surface area contributed by atoms with Gasteiger partial charge in [0.15, 0.2) is 5.65 Å².